The Kier molecular flexibility index (Phi) is 5.92. The minimum absolute atomic E-state index is 0.111. The highest BCUT2D eigenvalue weighted by Crippen LogP contribution is 2.35. The van der Waals surface area contributed by atoms with E-state index in [9.17, 15) is 0 Å². The summed E-state index contributed by atoms with van der Waals surface area (Å²) in [5.74, 6) is 0. The maximum atomic E-state index is 6.26. The van der Waals surface area contributed by atoms with Crippen LogP contribution in [-0.4, -0.2) is 0 Å². The number of rotatable bonds is 6. The van der Waals surface area contributed by atoms with Gasteiger partial charge in [-0.25, -0.2) is 0 Å². The molecule has 3 heteroatoms. The van der Waals surface area contributed by atoms with E-state index in [0.29, 0.717) is 0 Å². The Morgan fingerprint density at radius 2 is 2.14 bits per heavy atom. The minimum Gasteiger partial charge on any atom is -0.146 e. The molecule has 0 aliphatic carbocycles. The van der Waals surface area contributed by atoms with Gasteiger partial charge in [0, 0.05) is 4.88 Å². The van der Waals surface area contributed by atoms with Crippen molar-refractivity contribution >= 4 is 34.5 Å². The lowest BCUT2D eigenvalue weighted by Gasteiger charge is -2.07. The van der Waals surface area contributed by atoms with Crippen LogP contribution in [0.5, 0.6) is 0 Å². The van der Waals surface area contributed by atoms with Crippen molar-refractivity contribution in [2.75, 3.05) is 0 Å². The monoisotopic (exact) mass is 250 g/mol. The smallest absolute Gasteiger partial charge is 0.0693 e. The standard InChI is InChI=1S/C11H16Cl2S/c1-2-3-4-5-6-9(12)11-10(13)7-8-14-11/h7-9H,2-6H2,1H3. The van der Waals surface area contributed by atoms with Gasteiger partial charge in [0.15, 0.2) is 0 Å². The third-order valence-electron chi connectivity index (χ3n) is 2.24. The van der Waals surface area contributed by atoms with Crippen molar-refractivity contribution in [2.24, 2.45) is 0 Å². The van der Waals surface area contributed by atoms with Crippen molar-refractivity contribution < 1.29 is 0 Å². The number of halogens is 2. The van der Waals surface area contributed by atoms with Crippen LogP contribution < -0.4 is 0 Å². The third-order valence-corrected chi connectivity index (χ3v) is 4.28. The van der Waals surface area contributed by atoms with Crippen molar-refractivity contribution in [3.8, 4) is 0 Å². The SMILES string of the molecule is CCCCCCC(Cl)c1sccc1Cl. The van der Waals surface area contributed by atoms with Crippen LogP contribution in [0.1, 0.15) is 49.3 Å². The van der Waals surface area contributed by atoms with Crippen LogP contribution >= 0.6 is 34.5 Å². The molecule has 14 heavy (non-hydrogen) atoms. The third kappa shape index (κ3) is 3.80. The van der Waals surface area contributed by atoms with E-state index in [1.165, 1.54) is 25.7 Å². The fourth-order valence-electron chi connectivity index (χ4n) is 1.41. The van der Waals surface area contributed by atoms with Gasteiger partial charge < -0.3 is 0 Å². The highest BCUT2D eigenvalue weighted by atomic mass is 35.5. The van der Waals surface area contributed by atoms with Crippen LogP contribution in [0.15, 0.2) is 11.4 Å². The Balaban J connectivity index is 2.28. The van der Waals surface area contributed by atoms with E-state index in [4.69, 9.17) is 23.2 Å². The zero-order chi connectivity index (χ0) is 10.4. The molecule has 1 heterocycles. The van der Waals surface area contributed by atoms with Crippen molar-refractivity contribution in [3.63, 3.8) is 0 Å². The lowest BCUT2D eigenvalue weighted by molar-refractivity contribution is 0.626. The summed E-state index contributed by atoms with van der Waals surface area (Å²) < 4.78 is 0. The van der Waals surface area contributed by atoms with E-state index >= 15 is 0 Å². The predicted octanol–water partition coefficient (Wildman–Crippen LogP) is 5.65. The van der Waals surface area contributed by atoms with Crippen LogP contribution in [0.2, 0.25) is 5.02 Å². The number of thiophene rings is 1. The van der Waals surface area contributed by atoms with E-state index in [2.05, 4.69) is 6.92 Å². The molecule has 0 aliphatic rings. The maximum absolute atomic E-state index is 6.26. The highest BCUT2D eigenvalue weighted by Gasteiger charge is 2.12. The lowest BCUT2D eigenvalue weighted by Crippen LogP contribution is -1.88. The minimum atomic E-state index is 0.111. The Morgan fingerprint density at radius 3 is 2.71 bits per heavy atom. The fourth-order valence-corrected chi connectivity index (χ4v) is 3.09. The van der Waals surface area contributed by atoms with Crippen LogP contribution in [0.4, 0.5) is 0 Å². The molecule has 80 valence electrons. The summed E-state index contributed by atoms with van der Waals surface area (Å²) in [7, 11) is 0. The summed E-state index contributed by atoms with van der Waals surface area (Å²) in [4.78, 5) is 1.13. The highest BCUT2D eigenvalue weighted by molar-refractivity contribution is 7.11. The molecular weight excluding hydrogens is 235 g/mol. The molecule has 0 bridgehead atoms. The van der Waals surface area contributed by atoms with Crippen LogP contribution in [0.25, 0.3) is 0 Å². The first-order valence-electron chi connectivity index (χ1n) is 5.12. The van der Waals surface area contributed by atoms with Gasteiger partial charge in [-0.15, -0.1) is 22.9 Å². The van der Waals surface area contributed by atoms with Crippen molar-refractivity contribution in [3.05, 3.63) is 21.3 Å². The number of alkyl halides is 1. The maximum Gasteiger partial charge on any atom is 0.0693 e. The molecule has 1 aromatic heterocycles. The Bertz CT molecular complexity index is 258. The van der Waals surface area contributed by atoms with Gasteiger partial charge >= 0.3 is 0 Å². The quantitative estimate of drug-likeness (QED) is 0.452. The lowest BCUT2D eigenvalue weighted by atomic mass is 10.1. The zero-order valence-corrected chi connectivity index (χ0v) is 10.8. The first kappa shape index (κ1) is 12.4. The molecule has 0 N–H and O–H groups in total. The molecule has 0 amide bonds. The molecule has 0 aromatic carbocycles. The summed E-state index contributed by atoms with van der Waals surface area (Å²) in [6, 6.07) is 1.92. The zero-order valence-electron chi connectivity index (χ0n) is 8.43. The van der Waals surface area contributed by atoms with Crippen molar-refractivity contribution in [1.82, 2.24) is 0 Å². The van der Waals surface area contributed by atoms with E-state index < -0.39 is 0 Å². The van der Waals surface area contributed by atoms with Gasteiger partial charge in [0.05, 0.1) is 10.4 Å². The summed E-state index contributed by atoms with van der Waals surface area (Å²) in [6.45, 7) is 2.22. The Labute approximate surface area is 100 Å². The molecule has 0 spiro atoms. The van der Waals surface area contributed by atoms with E-state index in [1.54, 1.807) is 11.3 Å². The van der Waals surface area contributed by atoms with Gasteiger partial charge in [-0.1, -0.05) is 44.2 Å². The predicted molar refractivity (Wildman–Crippen MR) is 66.7 cm³/mol. The van der Waals surface area contributed by atoms with Crippen molar-refractivity contribution in [2.45, 2.75) is 44.4 Å². The van der Waals surface area contributed by atoms with E-state index in [0.717, 1.165) is 16.3 Å². The first-order valence-corrected chi connectivity index (χ1v) is 6.82. The molecule has 0 saturated heterocycles. The molecule has 0 saturated carbocycles. The normalized spacial score (nSPS) is 13.1. The number of hydrogen-bond acceptors (Lipinski definition) is 1. The van der Waals surface area contributed by atoms with Gasteiger partial charge in [-0.3, -0.25) is 0 Å². The number of hydrogen-bond donors (Lipinski definition) is 0. The average Bonchev–Trinajstić information content (AvgIpc) is 2.59. The Hall–Kier alpha value is 0.280. The van der Waals surface area contributed by atoms with Crippen LogP contribution in [0, 0.1) is 0 Å². The average molecular weight is 251 g/mol. The summed E-state index contributed by atoms with van der Waals surface area (Å²) >= 11 is 13.9. The largest absolute Gasteiger partial charge is 0.146 e. The molecule has 1 atom stereocenters. The molecule has 0 fully saturated rings. The molecule has 0 aliphatic heterocycles. The molecule has 1 aromatic rings. The van der Waals surface area contributed by atoms with E-state index in [1.807, 2.05) is 11.4 Å². The summed E-state index contributed by atoms with van der Waals surface area (Å²) in [5.41, 5.74) is 0. The Morgan fingerprint density at radius 1 is 1.36 bits per heavy atom. The van der Waals surface area contributed by atoms with Gasteiger partial charge in [0.25, 0.3) is 0 Å². The second kappa shape index (κ2) is 6.71. The first-order chi connectivity index (χ1) is 6.75. The summed E-state index contributed by atoms with van der Waals surface area (Å²) in [6.07, 6.45) is 6.11. The molecule has 1 rings (SSSR count). The van der Waals surface area contributed by atoms with Gasteiger partial charge in [0.1, 0.15) is 0 Å². The van der Waals surface area contributed by atoms with Crippen LogP contribution in [-0.2, 0) is 0 Å². The molecule has 0 radical (unpaired) electrons. The van der Waals surface area contributed by atoms with Crippen LogP contribution in [0.3, 0.4) is 0 Å². The van der Waals surface area contributed by atoms with Crippen molar-refractivity contribution in [1.29, 1.82) is 0 Å². The van der Waals surface area contributed by atoms with Gasteiger partial charge in [0.2, 0.25) is 0 Å². The fraction of sp³-hybridized carbons (Fsp3) is 0.636. The molecular formula is C11H16Cl2S. The summed E-state index contributed by atoms with van der Waals surface area (Å²) in [5, 5.41) is 2.93. The van der Waals surface area contributed by atoms with Gasteiger partial charge in [-0.2, -0.15) is 0 Å². The number of unbranched alkanes of at least 4 members (excludes halogenated alkanes) is 3. The topological polar surface area (TPSA) is 0 Å². The second-order valence-corrected chi connectivity index (χ2v) is 5.33. The molecule has 1 unspecified atom stereocenters. The van der Waals surface area contributed by atoms with Gasteiger partial charge in [-0.05, 0) is 17.9 Å². The second-order valence-electron chi connectivity index (χ2n) is 3.45. The van der Waals surface area contributed by atoms with E-state index in [-0.39, 0.29) is 5.38 Å². The molecule has 0 nitrogen and oxygen atoms in total.